The zero-order valence-electron chi connectivity index (χ0n) is 10.6. The van der Waals surface area contributed by atoms with Gasteiger partial charge < -0.3 is 10.4 Å². The fourth-order valence-electron chi connectivity index (χ4n) is 1.59. The first-order valence-electron chi connectivity index (χ1n) is 6.26. The van der Waals surface area contributed by atoms with Gasteiger partial charge in [0.1, 0.15) is 5.75 Å². The lowest BCUT2D eigenvalue weighted by molar-refractivity contribution is 0.102. The summed E-state index contributed by atoms with van der Waals surface area (Å²) in [7, 11) is 0. The molecule has 5 nitrogen and oxygen atoms in total. The van der Waals surface area contributed by atoms with Gasteiger partial charge in [-0.2, -0.15) is 0 Å². The van der Waals surface area contributed by atoms with Gasteiger partial charge in [0, 0.05) is 11.6 Å². The molecule has 7 heteroatoms. The molecule has 0 unspecified atom stereocenters. The minimum atomic E-state index is 0.0157. The van der Waals surface area contributed by atoms with Crippen LogP contribution in [-0.4, -0.2) is 32.9 Å². The second-order valence-corrected chi connectivity index (χ2v) is 6.75. The molecular weight excluding hydrogens is 294 g/mol. The standard InChI is InChI=1S/C13H13N3O2S2/c17-10-5-1-8(2-6-10)11(18)7-19-13-16-15-12(20-13)14-9-3-4-9/h1-2,5-6,9,17H,3-4,7H2,(H,14,15). The Labute approximate surface area is 124 Å². The summed E-state index contributed by atoms with van der Waals surface area (Å²) in [5.41, 5.74) is 0.594. The van der Waals surface area contributed by atoms with Crippen molar-refractivity contribution in [3.8, 4) is 5.75 Å². The summed E-state index contributed by atoms with van der Waals surface area (Å²) in [4.78, 5) is 12.0. The number of nitrogens with one attached hydrogen (secondary N) is 1. The van der Waals surface area contributed by atoms with E-state index in [1.54, 1.807) is 12.1 Å². The van der Waals surface area contributed by atoms with E-state index in [4.69, 9.17) is 0 Å². The van der Waals surface area contributed by atoms with Crippen LogP contribution in [0.3, 0.4) is 0 Å². The zero-order valence-corrected chi connectivity index (χ0v) is 12.2. The number of carbonyl (C=O) groups is 1. The Kier molecular flexibility index (Phi) is 3.88. The van der Waals surface area contributed by atoms with Crippen LogP contribution in [0.5, 0.6) is 5.75 Å². The first kappa shape index (κ1) is 13.4. The molecule has 20 heavy (non-hydrogen) atoms. The van der Waals surface area contributed by atoms with E-state index in [9.17, 15) is 9.90 Å². The third kappa shape index (κ3) is 3.49. The van der Waals surface area contributed by atoms with Crippen LogP contribution in [0.2, 0.25) is 0 Å². The second kappa shape index (κ2) is 5.80. The molecule has 1 aliphatic carbocycles. The monoisotopic (exact) mass is 307 g/mol. The maximum atomic E-state index is 12.0. The van der Waals surface area contributed by atoms with Gasteiger partial charge in [0.05, 0.1) is 5.75 Å². The highest BCUT2D eigenvalue weighted by atomic mass is 32.2. The molecule has 1 heterocycles. The molecule has 0 amide bonds. The largest absolute Gasteiger partial charge is 0.508 e. The average molecular weight is 307 g/mol. The third-order valence-electron chi connectivity index (χ3n) is 2.83. The number of ketones is 1. The Morgan fingerprint density at radius 3 is 2.80 bits per heavy atom. The molecular formula is C13H13N3O2S2. The number of Topliss-reactive ketones (excluding diaryl/α,β-unsaturated/α-hetero) is 1. The van der Waals surface area contributed by atoms with Crippen LogP contribution in [0.25, 0.3) is 0 Å². The molecule has 1 fully saturated rings. The molecule has 0 aliphatic heterocycles. The average Bonchev–Trinajstić information content (AvgIpc) is 3.14. The highest BCUT2D eigenvalue weighted by molar-refractivity contribution is 8.01. The van der Waals surface area contributed by atoms with Crippen molar-refractivity contribution in [1.82, 2.24) is 10.2 Å². The van der Waals surface area contributed by atoms with Crippen LogP contribution in [0.1, 0.15) is 23.2 Å². The summed E-state index contributed by atoms with van der Waals surface area (Å²) >= 11 is 2.87. The van der Waals surface area contributed by atoms with E-state index in [1.165, 1.54) is 48.1 Å². The molecule has 1 saturated carbocycles. The number of benzene rings is 1. The lowest BCUT2D eigenvalue weighted by atomic mass is 10.1. The van der Waals surface area contributed by atoms with Crippen LogP contribution in [-0.2, 0) is 0 Å². The van der Waals surface area contributed by atoms with E-state index in [0.717, 1.165) is 9.47 Å². The quantitative estimate of drug-likeness (QED) is 0.631. The van der Waals surface area contributed by atoms with Crippen molar-refractivity contribution >= 4 is 34.0 Å². The van der Waals surface area contributed by atoms with Gasteiger partial charge in [-0.25, -0.2) is 0 Å². The predicted octanol–water partition coefficient (Wildman–Crippen LogP) is 2.79. The third-order valence-corrected chi connectivity index (χ3v) is 4.82. The zero-order chi connectivity index (χ0) is 13.9. The number of nitrogens with zero attached hydrogens (tertiary/aromatic N) is 2. The van der Waals surface area contributed by atoms with Crippen LogP contribution in [0.4, 0.5) is 5.13 Å². The number of hydrogen-bond donors (Lipinski definition) is 2. The first-order valence-corrected chi connectivity index (χ1v) is 8.06. The summed E-state index contributed by atoms with van der Waals surface area (Å²) in [5, 5.41) is 21.4. The smallest absolute Gasteiger partial charge is 0.206 e. The minimum Gasteiger partial charge on any atom is -0.508 e. The van der Waals surface area contributed by atoms with Crippen LogP contribution in [0.15, 0.2) is 28.6 Å². The van der Waals surface area contributed by atoms with Gasteiger partial charge in [-0.15, -0.1) is 10.2 Å². The lowest BCUT2D eigenvalue weighted by Crippen LogP contribution is -2.01. The molecule has 0 bridgehead atoms. The van der Waals surface area contributed by atoms with Crippen molar-refractivity contribution in [2.45, 2.75) is 23.2 Å². The van der Waals surface area contributed by atoms with E-state index in [-0.39, 0.29) is 11.5 Å². The molecule has 104 valence electrons. The van der Waals surface area contributed by atoms with Crippen molar-refractivity contribution in [2.75, 3.05) is 11.1 Å². The Morgan fingerprint density at radius 2 is 2.10 bits per heavy atom. The number of rotatable bonds is 6. The van der Waals surface area contributed by atoms with Crippen molar-refractivity contribution < 1.29 is 9.90 Å². The van der Waals surface area contributed by atoms with Gasteiger partial charge in [-0.3, -0.25) is 4.79 Å². The summed E-state index contributed by atoms with van der Waals surface area (Å²) in [6.45, 7) is 0. The molecule has 1 aromatic heterocycles. The van der Waals surface area contributed by atoms with Crippen molar-refractivity contribution in [3.63, 3.8) is 0 Å². The Hall–Kier alpha value is -1.60. The molecule has 0 radical (unpaired) electrons. The second-order valence-electron chi connectivity index (χ2n) is 4.55. The van der Waals surface area contributed by atoms with Gasteiger partial charge in [0.25, 0.3) is 0 Å². The Morgan fingerprint density at radius 1 is 1.35 bits per heavy atom. The number of phenols is 1. The van der Waals surface area contributed by atoms with E-state index in [2.05, 4.69) is 15.5 Å². The van der Waals surface area contributed by atoms with E-state index >= 15 is 0 Å². The first-order chi connectivity index (χ1) is 9.70. The Balaban J connectivity index is 1.54. The topological polar surface area (TPSA) is 75.1 Å². The molecule has 3 rings (SSSR count). The SMILES string of the molecule is O=C(CSc1nnc(NC2CC2)s1)c1ccc(O)cc1. The highest BCUT2D eigenvalue weighted by Crippen LogP contribution is 2.30. The van der Waals surface area contributed by atoms with Crippen molar-refractivity contribution in [3.05, 3.63) is 29.8 Å². The van der Waals surface area contributed by atoms with E-state index < -0.39 is 0 Å². The number of aromatic hydroxyl groups is 1. The van der Waals surface area contributed by atoms with Gasteiger partial charge >= 0.3 is 0 Å². The lowest BCUT2D eigenvalue weighted by Gasteiger charge is -1.99. The predicted molar refractivity (Wildman–Crippen MR) is 79.7 cm³/mol. The molecule has 1 aliphatic rings. The molecule has 0 saturated heterocycles. The van der Waals surface area contributed by atoms with Gasteiger partial charge in [0.2, 0.25) is 5.13 Å². The number of anilines is 1. The van der Waals surface area contributed by atoms with E-state index in [1.807, 2.05) is 0 Å². The highest BCUT2D eigenvalue weighted by Gasteiger charge is 2.22. The normalized spacial score (nSPS) is 14.2. The summed E-state index contributed by atoms with van der Waals surface area (Å²) in [6, 6.07) is 6.83. The maximum Gasteiger partial charge on any atom is 0.206 e. The van der Waals surface area contributed by atoms with Gasteiger partial charge in [-0.05, 0) is 37.1 Å². The van der Waals surface area contributed by atoms with Crippen LogP contribution < -0.4 is 5.32 Å². The number of thioether (sulfide) groups is 1. The molecule has 0 spiro atoms. The minimum absolute atomic E-state index is 0.0157. The maximum absolute atomic E-state index is 12.0. The molecule has 0 atom stereocenters. The Bertz CT molecular complexity index is 608. The molecule has 2 aromatic rings. The number of aromatic nitrogens is 2. The van der Waals surface area contributed by atoms with Crippen LogP contribution in [0, 0.1) is 0 Å². The number of hydrogen-bond acceptors (Lipinski definition) is 7. The molecule has 2 N–H and O–H groups in total. The van der Waals surface area contributed by atoms with Gasteiger partial charge in [0.15, 0.2) is 10.1 Å². The molecule has 1 aromatic carbocycles. The summed E-state index contributed by atoms with van der Waals surface area (Å²) in [5.74, 6) is 0.499. The van der Waals surface area contributed by atoms with Crippen LogP contribution >= 0.6 is 23.1 Å². The fraction of sp³-hybridized carbons (Fsp3) is 0.308. The number of carbonyl (C=O) groups excluding carboxylic acids is 1. The number of phenolic OH excluding ortho intramolecular Hbond substituents is 1. The summed E-state index contributed by atoms with van der Waals surface area (Å²) in [6.07, 6.45) is 2.39. The summed E-state index contributed by atoms with van der Waals surface area (Å²) < 4.78 is 0.792. The fourth-order valence-corrected chi connectivity index (χ4v) is 3.31. The van der Waals surface area contributed by atoms with Gasteiger partial charge in [-0.1, -0.05) is 23.1 Å². The van der Waals surface area contributed by atoms with E-state index in [0.29, 0.717) is 17.4 Å². The van der Waals surface area contributed by atoms with Crippen molar-refractivity contribution in [2.24, 2.45) is 0 Å². The van der Waals surface area contributed by atoms with Crippen molar-refractivity contribution in [1.29, 1.82) is 0 Å².